The van der Waals surface area contributed by atoms with Gasteiger partial charge in [-0.2, -0.15) is 5.09 Å². The Bertz CT molecular complexity index is 1290. The summed E-state index contributed by atoms with van der Waals surface area (Å²) in [5.41, 5.74) is -1.07. The number of aromatic amines is 1. The summed E-state index contributed by atoms with van der Waals surface area (Å²) in [4.78, 5) is 47.9. The van der Waals surface area contributed by atoms with Crippen molar-refractivity contribution in [2.24, 2.45) is 0 Å². The van der Waals surface area contributed by atoms with E-state index in [4.69, 9.17) is 13.8 Å². The van der Waals surface area contributed by atoms with Gasteiger partial charge in [-0.3, -0.25) is 33.8 Å². The zero-order valence-electron chi connectivity index (χ0n) is 18.9. The van der Waals surface area contributed by atoms with Gasteiger partial charge in [-0.25, -0.2) is 9.36 Å². The molecule has 1 aromatic carbocycles. The largest absolute Gasteiger partial charge is 0.468 e. The fraction of sp³-hybridized carbons (Fsp3) is 0.350. The standard InChI is InChI=1S/C20H23N4O10P/c1-12-10-23(20(27)21-18(12)25)17-9-8-16(33-17)11-32-35(30,22-13(2)19(26)31-3)34-15-6-4-14(5-7-15)24(28)29/h4-10,13,16-17H,11H2,1-3H3,(H,22,30)(H,21,25,27)/t13-,16-,17+,35?/m0/s1. The number of carbonyl (C=O) groups is 1. The van der Waals surface area contributed by atoms with Gasteiger partial charge in [-0.05, 0) is 32.1 Å². The first-order chi connectivity index (χ1) is 16.5. The predicted octanol–water partition coefficient (Wildman–Crippen LogP) is 1.56. The number of ether oxygens (including phenoxy) is 2. The number of hydrogen-bond acceptors (Lipinski definition) is 10. The van der Waals surface area contributed by atoms with E-state index in [1.165, 1.54) is 36.7 Å². The lowest BCUT2D eigenvalue weighted by atomic mass is 10.3. The highest BCUT2D eigenvalue weighted by Gasteiger charge is 2.34. The number of nitro benzene ring substituents is 1. The van der Waals surface area contributed by atoms with Gasteiger partial charge >= 0.3 is 19.4 Å². The fourth-order valence-electron chi connectivity index (χ4n) is 3.01. The molecule has 15 heteroatoms. The molecular weight excluding hydrogens is 487 g/mol. The molecule has 0 saturated heterocycles. The van der Waals surface area contributed by atoms with E-state index >= 15 is 0 Å². The lowest BCUT2D eigenvalue weighted by Gasteiger charge is -2.24. The van der Waals surface area contributed by atoms with Gasteiger partial charge < -0.3 is 14.0 Å². The molecule has 1 aliphatic rings. The lowest BCUT2D eigenvalue weighted by molar-refractivity contribution is -0.384. The molecule has 0 spiro atoms. The normalized spacial score (nSPS) is 19.6. The molecule has 2 heterocycles. The van der Waals surface area contributed by atoms with Crippen LogP contribution in [0.15, 0.2) is 52.2 Å². The highest BCUT2D eigenvalue weighted by atomic mass is 31.2. The molecule has 1 aromatic heterocycles. The molecule has 3 rings (SSSR count). The topological polar surface area (TPSA) is 181 Å². The Morgan fingerprint density at radius 3 is 2.63 bits per heavy atom. The highest BCUT2D eigenvalue weighted by Crippen LogP contribution is 2.45. The second-order valence-corrected chi connectivity index (χ2v) is 9.13. The summed E-state index contributed by atoms with van der Waals surface area (Å²) in [7, 11) is -3.07. The van der Waals surface area contributed by atoms with Crippen molar-refractivity contribution in [1.82, 2.24) is 14.6 Å². The van der Waals surface area contributed by atoms with E-state index in [0.717, 1.165) is 19.2 Å². The van der Waals surface area contributed by atoms with E-state index in [1.54, 1.807) is 12.2 Å². The molecule has 2 N–H and O–H groups in total. The minimum Gasteiger partial charge on any atom is -0.468 e. The average molecular weight is 510 g/mol. The molecule has 0 saturated carbocycles. The van der Waals surface area contributed by atoms with Crippen molar-refractivity contribution in [2.75, 3.05) is 13.7 Å². The molecule has 0 fully saturated rings. The minimum atomic E-state index is -4.22. The van der Waals surface area contributed by atoms with Gasteiger partial charge in [0.2, 0.25) is 0 Å². The van der Waals surface area contributed by atoms with Gasteiger partial charge in [-0.15, -0.1) is 0 Å². The van der Waals surface area contributed by atoms with Crippen LogP contribution in [-0.4, -0.2) is 46.3 Å². The molecule has 14 nitrogen and oxygen atoms in total. The fourth-order valence-corrected chi connectivity index (χ4v) is 4.51. The number of benzene rings is 1. The Hall–Kier alpha value is -3.58. The number of aromatic nitrogens is 2. The highest BCUT2D eigenvalue weighted by molar-refractivity contribution is 7.52. The number of esters is 1. The van der Waals surface area contributed by atoms with Crippen LogP contribution in [0.1, 0.15) is 18.7 Å². The van der Waals surface area contributed by atoms with Crippen LogP contribution in [0.5, 0.6) is 5.75 Å². The first-order valence-electron chi connectivity index (χ1n) is 10.2. The molecule has 4 atom stereocenters. The molecule has 35 heavy (non-hydrogen) atoms. The van der Waals surface area contributed by atoms with Gasteiger partial charge in [0, 0.05) is 23.9 Å². The van der Waals surface area contributed by atoms with Gasteiger partial charge in [0.15, 0.2) is 6.23 Å². The number of non-ortho nitro benzene ring substituents is 1. The Morgan fingerprint density at radius 1 is 1.31 bits per heavy atom. The summed E-state index contributed by atoms with van der Waals surface area (Å²) in [6.07, 6.45) is 2.87. The third-order valence-corrected chi connectivity index (χ3v) is 6.46. The number of rotatable bonds is 10. The SMILES string of the molecule is COC(=O)[C@H](C)NP(=O)(OC[C@@H]1C=C[C@H](n2cc(C)c(=O)[nH]c2=O)O1)Oc1ccc([N+](=O)[O-])cc1. The number of nitro groups is 1. The Kier molecular flexibility index (Phi) is 8.02. The second-order valence-electron chi connectivity index (χ2n) is 7.44. The number of aryl methyl sites for hydroxylation is 1. The van der Waals surface area contributed by atoms with Gasteiger partial charge in [0.25, 0.3) is 11.2 Å². The molecule has 0 radical (unpaired) electrons. The summed E-state index contributed by atoms with van der Waals surface area (Å²) in [5.74, 6) is -0.745. The number of nitrogens with zero attached hydrogens (tertiary/aromatic N) is 2. The summed E-state index contributed by atoms with van der Waals surface area (Å²) in [6, 6.07) is 3.68. The smallest absolute Gasteiger partial charge is 0.459 e. The van der Waals surface area contributed by atoms with E-state index in [2.05, 4.69) is 14.8 Å². The van der Waals surface area contributed by atoms with Crippen molar-refractivity contribution < 1.29 is 32.8 Å². The van der Waals surface area contributed by atoms with Gasteiger partial charge in [-0.1, -0.05) is 6.08 Å². The Labute approximate surface area is 198 Å². The van der Waals surface area contributed by atoms with Crippen molar-refractivity contribution in [3.05, 3.63) is 79.1 Å². The minimum absolute atomic E-state index is 0.0143. The summed E-state index contributed by atoms with van der Waals surface area (Å²) in [5, 5.41) is 13.3. The third-order valence-electron chi connectivity index (χ3n) is 4.81. The third kappa shape index (κ3) is 6.51. The van der Waals surface area contributed by atoms with Gasteiger partial charge in [0.05, 0.1) is 18.6 Å². The maximum absolute atomic E-state index is 13.4. The Morgan fingerprint density at radius 2 is 2.00 bits per heavy atom. The number of methoxy groups -OCH3 is 1. The zero-order chi connectivity index (χ0) is 25.8. The molecule has 0 bridgehead atoms. The predicted molar refractivity (Wildman–Crippen MR) is 121 cm³/mol. The van der Waals surface area contributed by atoms with E-state index in [-0.39, 0.29) is 18.0 Å². The van der Waals surface area contributed by atoms with Crippen molar-refractivity contribution in [3.8, 4) is 5.75 Å². The van der Waals surface area contributed by atoms with Crippen LogP contribution < -0.4 is 20.9 Å². The van der Waals surface area contributed by atoms with Crippen LogP contribution in [0.25, 0.3) is 0 Å². The number of hydrogen-bond donors (Lipinski definition) is 2. The average Bonchev–Trinajstić information content (AvgIpc) is 3.28. The maximum Gasteiger partial charge on any atom is 0.459 e. The van der Waals surface area contributed by atoms with Crippen LogP contribution >= 0.6 is 7.75 Å². The molecule has 0 aliphatic carbocycles. The molecule has 2 aromatic rings. The van der Waals surface area contributed by atoms with Crippen LogP contribution in [0.3, 0.4) is 0 Å². The first-order valence-corrected chi connectivity index (χ1v) is 11.8. The monoisotopic (exact) mass is 510 g/mol. The van der Waals surface area contributed by atoms with E-state index < -0.39 is 48.3 Å². The molecule has 1 aliphatic heterocycles. The van der Waals surface area contributed by atoms with Crippen LogP contribution in [0, 0.1) is 17.0 Å². The van der Waals surface area contributed by atoms with Crippen LogP contribution in [-0.2, 0) is 23.4 Å². The molecule has 1 unspecified atom stereocenters. The van der Waals surface area contributed by atoms with Gasteiger partial charge in [0.1, 0.15) is 17.9 Å². The summed E-state index contributed by atoms with van der Waals surface area (Å²) < 4.78 is 35.8. The lowest BCUT2D eigenvalue weighted by Crippen LogP contribution is -2.35. The quantitative estimate of drug-likeness (QED) is 0.156. The summed E-state index contributed by atoms with van der Waals surface area (Å²) >= 11 is 0. The first kappa shape index (κ1) is 26.0. The zero-order valence-corrected chi connectivity index (χ0v) is 19.8. The number of nitrogens with one attached hydrogen (secondary N) is 2. The molecule has 0 amide bonds. The Balaban J connectivity index is 1.72. The van der Waals surface area contributed by atoms with Crippen LogP contribution in [0.2, 0.25) is 0 Å². The van der Waals surface area contributed by atoms with Crippen molar-refractivity contribution >= 4 is 19.4 Å². The molecule has 188 valence electrons. The van der Waals surface area contributed by atoms with Crippen LogP contribution in [0.4, 0.5) is 5.69 Å². The molecular formula is C20H23N4O10P. The van der Waals surface area contributed by atoms with E-state index in [1.807, 2.05) is 0 Å². The maximum atomic E-state index is 13.4. The number of carbonyl (C=O) groups excluding carboxylic acids is 1. The summed E-state index contributed by atoms with van der Waals surface area (Å²) in [6.45, 7) is 2.61. The van der Waals surface area contributed by atoms with E-state index in [0.29, 0.717) is 5.56 Å². The van der Waals surface area contributed by atoms with Crippen molar-refractivity contribution in [2.45, 2.75) is 32.2 Å². The van der Waals surface area contributed by atoms with E-state index in [9.17, 15) is 29.1 Å². The second kappa shape index (κ2) is 10.8. The van der Waals surface area contributed by atoms with Crippen molar-refractivity contribution in [3.63, 3.8) is 0 Å². The van der Waals surface area contributed by atoms with Crippen molar-refractivity contribution in [1.29, 1.82) is 0 Å². The number of H-pyrrole nitrogens is 1.